The van der Waals surface area contributed by atoms with Gasteiger partial charge in [-0.15, -0.1) is 0 Å². The van der Waals surface area contributed by atoms with Gasteiger partial charge in [-0.2, -0.15) is 0 Å². The summed E-state index contributed by atoms with van der Waals surface area (Å²) in [7, 11) is 0. The SMILES string of the molecule is Cc1cc(C(=O)N2C[C@@H](COCC3CC3)[C@H](c3ccncc3)C2)ccn1. The van der Waals surface area contributed by atoms with Crippen molar-refractivity contribution in [1.29, 1.82) is 0 Å². The molecule has 4 rings (SSSR count). The number of carbonyl (C=O) groups excluding carboxylic acids is 1. The van der Waals surface area contributed by atoms with E-state index in [0.29, 0.717) is 24.0 Å². The van der Waals surface area contributed by atoms with Crippen LogP contribution in [0.1, 0.15) is 40.4 Å². The van der Waals surface area contributed by atoms with Gasteiger partial charge in [0.25, 0.3) is 5.91 Å². The van der Waals surface area contributed by atoms with Crippen molar-refractivity contribution in [3.8, 4) is 0 Å². The molecular formula is C21H25N3O2. The van der Waals surface area contributed by atoms with Gasteiger partial charge in [-0.05, 0) is 55.5 Å². The quantitative estimate of drug-likeness (QED) is 0.803. The van der Waals surface area contributed by atoms with Gasteiger partial charge in [0.1, 0.15) is 0 Å². The smallest absolute Gasteiger partial charge is 0.254 e. The summed E-state index contributed by atoms with van der Waals surface area (Å²) in [6.07, 6.45) is 7.95. The first kappa shape index (κ1) is 17.2. The van der Waals surface area contributed by atoms with Crippen molar-refractivity contribution in [1.82, 2.24) is 14.9 Å². The average Bonchev–Trinajstić information content (AvgIpc) is 3.39. The van der Waals surface area contributed by atoms with Crippen molar-refractivity contribution < 1.29 is 9.53 Å². The van der Waals surface area contributed by atoms with Crippen LogP contribution in [0.15, 0.2) is 42.9 Å². The zero-order valence-corrected chi connectivity index (χ0v) is 15.2. The molecule has 0 N–H and O–H groups in total. The molecule has 1 amide bonds. The summed E-state index contributed by atoms with van der Waals surface area (Å²) in [6.45, 7) is 4.94. The van der Waals surface area contributed by atoms with Crippen molar-refractivity contribution in [2.45, 2.75) is 25.7 Å². The maximum Gasteiger partial charge on any atom is 0.254 e. The van der Waals surface area contributed by atoms with Crippen LogP contribution >= 0.6 is 0 Å². The molecule has 5 heteroatoms. The van der Waals surface area contributed by atoms with E-state index < -0.39 is 0 Å². The molecule has 5 nitrogen and oxygen atoms in total. The van der Waals surface area contributed by atoms with Gasteiger partial charge in [0.2, 0.25) is 0 Å². The van der Waals surface area contributed by atoms with E-state index >= 15 is 0 Å². The van der Waals surface area contributed by atoms with Crippen LogP contribution in [0.4, 0.5) is 0 Å². The second-order valence-electron chi connectivity index (χ2n) is 7.52. The number of rotatable bonds is 6. The number of hydrogen-bond donors (Lipinski definition) is 0. The summed E-state index contributed by atoms with van der Waals surface area (Å²) < 4.78 is 5.98. The largest absolute Gasteiger partial charge is 0.381 e. The molecule has 0 spiro atoms. The monoisotopic (exact) mass is 351 g/mol. The van der Waals surface area contributed by atoms with Crippen LogP contribution in [-0.2, 0) is 4.74 Å². The van der Waals surface area contributed by atoms with Gasteiger partial charge in [0.15, 0.2) is 0 Å². The Balaban J connectivity index is 1.49. The lowest BCUT2D eigenvalue weighted by Gasteiger charge is -2.18. The summed E-state index contributed by atoms with van der Waals surface area (Å²) in [4.78, 5) is 23.2. The van der Waals surface area contributed by atoms with Crippen molar-refractivity contribution in [2.75, 3.05) is 26.3 Å². The molecular weight excluding hydrogens is 326 g/mol. The summed E-state index contributed by atoms with van der Waals surface area (Å²) in [5.74, 6) is 1.46. The second kappa shape index (κ2) is 7.54. The Kier molecular flexibility index (Phi) is 4.98. The number of likely N-dealkylation sites (tertiary alicyclic amines) is 1. The Labute approximate surface area is 154 Å². The Hall–Kier alpha value is -2.27. The number of carbonyl (C=O) groups is 1. The number of ether oxygens (including phenoxy) is 1. The molecule has 0 radical (unpaired) electrons. The molecule has 2 aromatic rings. The molecule has 3 heterocycles. The maximum atomic E-state index is 13.0. The molecule has 1 aliphatic carbocycles. The third-order valence-electron chi connectivity index (χ3n) is 5.39. The molecule has 26 heavy (non-hydrogen) atoms. The van der Waals surface area contributed by atoms with Gasteiger partial charge in [0, 0.05) is 61.4 Å². The van der Waals surface area contributed by atoms with Crippen molar-refractivity contribution in [3.05, 3.63) is 59.7 Å². The third-order valence-corrected chi connectivity index (χ3v) is 5.39. The minimum atomic E-state index is 0.0826. The Morgan fingerprint density at radius 2 is 1.96 bits per heavy atom. The van der Waals surface area contributed by atoms with E-state index in [1.54, 1.807) is 12.3 Å². The van der Waals surface area contributed by atoms with E-state index in [-0.39, 0.29) is 5.91 Å². The highest BCUT2D eigenvalue weighted by atomic mass is 16.5. The molecule has 2 aromatic heterocycles. The van der Waals surface area contributed by atoms with Gasteiger partial charge in [-0.1, -0.05) is 0 Å². The first-order chi connectivity index (χ1) is 12.7. The van der Waals surface area contributed by atoms with Crippen molar-refractivity contribution in [2.24, 2.45) is 11.8 Å². The van der Waals surface area contributed by atoms with Gasteiger partial charge in [0.05, 0.1) is 6.61 Å². The number of pyridine rings is 2. The predicted octanol–water partition coefficient (Wildman–Crippen LogP) is 3.07. The van der Waals surface area contributed by atoms with E-state index in [4.69, 9.17) is 4.74 Å². The minimum Gasteiger partial charge on any atom is -0.381 e. The first-order valence-corrected chi connectivity index (χ1v) is 9.40. The topological polar surface area (TPSA) is 55.3 Å². The van der Waals surface area contributed by atoms with Gasteiger partial charge in [-0.3, -0.25) is 14.8 Å². The summed E-state index contributed by atoms with van der Waals surface area (Å²) in [5, 5.41) is 0. The zero-order chi connectivity index (χ0) is 17.9. The number of aromatic nitrogens is 2. The van der Waals surface area contributed by atoms with Gasteiger partial charge >= 0.3 is 0 Å². The fourth-order valence-electron chi connectivity index (χ4n) is 3.73. The van der Waals surface area contributed by atoms with Crippen LogP contribution < -0.4 is 0 Å². The summed E-state index contributed by atoms with van der Waals surface area (Å²) in [6, 6.07) is 7.78. The average molecular weight is 351 g/mol. The van der Waals surface area contributed by atoms with Crippen LogP contribution in [-0.4, -0.2) is 47.1 Å². The van der Waals surface area contributed by atoms with E-state index in [2.05, 4.69) is 22.1 Å². The highest BCUT2D eigenvalue weighted by molar-refractivity contribution is 5.94. The van der Waals surface area contributed by atoms with E-state index in [9.17, 15) is 4.79 Å². The fraction of sp³-hybridized carbons (Fsp3) is 0.476. The summed E-state index contributed by atoms with van der Waals surface area (Å²) >= 11 is 0. The molecule has 1 aliphatic heterocycles. The maximum absolute atomic E-state index is 13.0. The number of aryl methyl sites for hydroxylation is 1. The van der Waals surface area contributed by atoms with Crippen molar-refractivity contribution in [3.63, 3.8) is 0 Å². The Morgan fingerprint density at radius 1 is 1.15 bits per heavy atom. The van der Waals surface area contributed by atoms with Gasteiger partial charge < -0.3 is 9.64 Å². The molecule has 1 saturated heterocycles. The molecule has 2 fully saturated rings. The zero-order valence-electron chi connectivity index (χ0n) is 15.2. The molecule has 2 aliphatic rings. The predicted molar refractivity (Wildman–Crippen MR) is 98.9 cm³/mol. The molecule has 0 unspecified atom stereocenters. The number of amides is 1. The lowest BCUT2D eigenvalue weighted by molar-refractivity contribution is 0.0739. The molecule has 1 saturated carbocycles. The molecule has 0 aromatic carbocycles. The van der Waals surface area contributed by atoms with E-state index in [0.717, 1.165) is 31.3 Å². The second-order valence-corrected chi connectivity index (χ2v) is 7.52. The lowest BCUT2D eigenvalue weighted by Crippen LogP contribution is -2.29. The molecule has 0 bridgehead atoms. The van der Waals surface area contributed by atoms with Crippen LogP contribution in [0.5, 0.6) is 0 Å². The van der Waals surface area contributed by atoms with E-state index in [1.165, 1.54) is 18.4 Å². The normalized spacial score (nSPS) is 22.6. The summed E-state index contributed by atoms with van der Waals surface area (Å²) in [5.41, 5.74) is 2.82. The first-order valence-electron chi connectivity index (χ1n) is 9.40. The molecule has 2 atom stereocenters. The number of nitrogens with zero attached hydrogens (tertiary/aromatic N) is 3. The third kappa shape index (κ3) is 3.93. The van der Waals surface area contributed by atoms with Crippen LogP contribution in [0.25, 0.3) is 0 Å². The Bertz CT molecular complexity index is 761. The van der Waals surface area contributed by atoms with Crippen LogP contribution in [0, 0.1) is 18.8 Å². The van der Waals surface area contributed by atoms with Crippen LogP contribution in [0.2, 0.25) is 0 Å². The van der Waals surface area contributed by atoms with Crippen LogP contribution in [0.3, 0.4) is 0 Å². The Morgan fingerprint density at radius 3 is 2.69 bits per heavy atom. The highest BCUT2D eigenvalue weighted by Crippen LogP contribution is 2.34. The highest BCUT2D eigenvalue weighted by Gasteiger charge is 2.37. The lowest BCUT2D eigenvalue weighted by atomic mass is 9.90. The molecule has 136 valence electrons. The van der Waals surface area contributed by atoms with Crippen molar-refractivity contribution >= 4 is 5.91 Å². The number of hydrogen-bond acceptors (Lipinski definition) is 4. The van der Waals surface area contributed by atoms with E-state index in [1.807, 2.05) is 30.3 Å². The minimum absolute atomic E-state index is 0.0826. The van der Waals surface area contributed by atoms with Gasteiger partial charge in [-0.25, -0.2) is 0 Å². The standard InChI is InChI=1S/C21H25N3O2/c1-15-10-18(6-9-23-15)21(25)24-11-19(14-26-13-16-2-3-16)20(12-24)17-4-7-22-8-5-17/h4-10,16,19-20H,2-3,11-14H2,1H3/t19-,20-/m0/s1. The fourth-order valence-corrected chi connectivity index (χ4v) is 3.73.